The second-order valence-corrected chi connectivity index (χ2v) is 11.4. The van der Waals surface area contributed by atoms with E-state index in [2.05, 4.69) is 15.6 Å². The van der Waals surface area contributed by atoms with Crippen molar-refractivity contribution in [3.63, 3.8) is 0 Å². The number of nitrogens with one attached hydrogen (secondary N) is 2. The molecule has 39 heavy (non-hydrogen) atoms. The smallest absolute Gasteiger partial charge is 0.242 e. The van der Waals surface area contributed by atoms with Gasteiger partial charge in [-0.05, 0) is 48.2 Å². The monoisotopic (exact) mass is 561 g/mol. The van der Waals surface area contributed by atoms with Gasteiger partial charge in [0.15, 0.2) is 0 Å². The molecular formula is C27H30F3N5O3S. The molecule has 1 fully saturated rings. The van der Waals surface area contributed by atoms with E-state index < -0.39 is 45.3 Å². The third kappa shape index (κ3) is 7.01. The minimum Gasteiger partial charge on any atom is -0.323 e. The molecule has 12 heteroatoms. The Hall–Kier alpha value is -3.32. The molecule has 2 atom stereocenters. The van der Waals surface area contributed by atoms with Crippen molar-refractivity contribution in [2.75, 3.05) is 31.2 Å². The number of carbonyl (C=O) groups is 1. The lowest BCUT2D eigenvalue weighted by Crippen LogP contribution is -2.53. The molecule has 0 spiro atoms. The van der Waals surface area contributed by atoms with Crippen molar-refractivity contribution in [3.8, 4) is 0 Å². The fraction of sp³-hybridized carbons (Fsp3) is 0.333. The van der Waals surface area contributed by atoms with E-state index in [1.54, 1.807) is 0 Å². The molecule has 0 bridgehead atoms. The molecule has 1 amide bonds. The Bertz CT molecular complexity index is 1360. The van der Waals surface area contributed by atoms with Crippen molar-refractivity contribution in [3.05, 3.63) is 95.1 Å². The zero-order valence-electron chi connectivity index (χ0n) is 21.3. The molecule has 4 N–H and O–H groups in total. The molecule has 208 valence electrons. The van der Waals surface area contributed by atoms with Gasteiger partial charge in [0.25, 0.3) is 0 Å². The van der Waals surface area contributed by atoms with Gasteiger partial charge in [-0.2, -0.15) is 4.31 Å². The van der Waals surface area contributed by atoms with Crippen LogP contribution in [-0.4, -0.2) is 61.6 Å². The van der Waals surface area contributed by atoms with Gasteiger partial charge in [-0.15, -0.1) is 0 Å². The molecule has 2 heterocycles. The van der Waals surface area contributed by atoms with E-state index in [0.717, 1.165) is 12.5 Å². The van der Waals surface area contributed by atoms with Crippen molar-refractivity contribution < 1.29 is 26.4 Å². The average molecular weight is 562 g/mol. The summed E-state index contributed by atoms with van der Waals surface area (Å²) in [5.74, 6) is -2.99. The van der Waals surface area contributed by atoms with Crippen molar-refractivity contribution in [2.45, 2.75) is 30.8 Å². The topological polar surface area (TPSA) is 117 Å². The zero-order chi connectivity index (χ0) is 28.2. The first kappa shape index (κ1) is 28.7. The number of aromatic nitrogens is 1. The zero-order valence-corrected chi connectivity index (χ0v) is 22.1. The fourth-order valence-electron chi connectivity index (χ4n) is 4.87. The van der Waals surface area contributed by atoms with Gasteiger partial charge in [-0.25, -0.2) is 21.6 Å². The highest BCUT2D eigenvalue weighted by atomic mass is 32.2. The molecule has 1 aliphatic rings. The predicted octanol–water partition coefficient (Wildman–Crippen LogP) is 2.76. The number of rotatable bonds is 9. The van der Waals surface area contributed by atoms with Crippen LogP contribution in [0, 0.1) is 17.5 Å². The van der Waals surface area contributed by atoms with E-state index in [1.165, 1.54) is 59.0 Å². The molecular weight excluding hydrogens is 531 g/mol. The number of sulfonamides is 1. The van der Waals surface area contributed by atoms with Crippen molar-refractivity contribution in [2.24, 2.45) is 5.73 Å². The summed E-state index contributed by atoms with van der Waals surface area (Å²) < 4.78 is 67.9. The second kappa shape index (κ2) is 12.2. The standard InChI is InChI=1S/C27H30F3N5O3S/c1-39(37,38)35-13-12-32-14-21(35)10-11-22-23(30)15-33-16-24(22)34-27(36)26(31)25(17-2-6-19(28)7-3-17)18-4-8-20(29)9-5-18/h2-9,15-16,21,25-26,32H,10-14,31H2,1H3,(H,34,36)/t21?,26-/m0/s1. The minimum atomic E-state index is -3.44. The number of amides is 1. The maximum atomic E-state index is 14.9. The van der Waals surface area contributed by atoms with E-state index in [0.29, 0.717) is 37.2 Å². The van der Waals surface area contributed by atoms with E-state index in [4.69, 9.17) is 5.73 Å². The first-order valence-electron chi connectivity index (χ1n) is 12.4. The molecule has 2 aromatic carbocycles. The van der Waals surface area contributed by atoms with Gasteiger partial charge < -0.3 is 16.4 Å². The quantitative estimate of drug-likeness (QED) is 0.370. The van der Waals surface area contributed by atoms with Gasteiger partial charge in [0, 0.05) is 37.2 Å². The number of pyridine rings is 1. The molecule has 0 aliphatic carbocycles. The summed E-state index contributed by atoms with van der Waals surface area (Å²) in [5.41, 5.74) is 7.76. The molecule has 0 saturated carbocycles. The highest BCUT2D eigenvalue weighted by Crippen LogP contribution is 2.29. The maximum Gasteiger partial charge on any atom is 0.242 e. The van der Waals surface area contributed by atoms with Crippen LogP contribution >= 0.6 is 0 Å². The number of nitrogens with zero attached hydrogens (tertiary/aromatic N) is 2. The second-order valence-electron chi connectivity index (χ2n) is 9.51. The number of piperazine rings is 1. The summed E-state index contributed by atoms with van der Waals surface area (Å²) in [5, 5.41) is 5.82. The normalized spacial score (nSPS) is 17.2. The molecule has 1 unspecified atom stereocenters. The molecule has 3 aromatic rings. The maximum absolute atomic E-state index is 14.9. The van der Waals surface area contributed by atoms with E-state index in [-0.39, 0.29) is 23.7 Å². The number of hydrogen-bond acceptors (Lipinski definition) is 6. The third-order valence-corrected chi connectivity index (χ3v) is 8.17. The van der Waals surface area contributed by atoms with Crippen LogP contribution in [0.2, 0.25) is 0 Å². The molecule has 4 rings (SSSR count). The SMILES string of the molecule is CS(=O)(=O)N1CCNCC1CCc1c(F)cncc1NC(=O)[C@@H](N)C(c1ccc(F)cc1)c1ccc(F)cc1. The highest BCUT2D eigenvalue weighted by Gasteiger charge is 2.31. The molecule has 1 aliphatic heterocycles. The summed E-state index contributed by atoms with van der Waals surface area (Å²) in [6.45, 7) is 1.26. The fourth-order valence-corrected chi connectivity index (χ4v) is 6.02. The number of carbonyl (C=O) groups excluding carboxylic acids is 1. The van der Waals surface area contributed by atoms with Crippen LogP contribution in [-0.2, 0) is 21.2 Å². The first-order valence-corrected chi connectivity index (χ1v) is 14.3. The lowest BCUT2D eigenvalue weighted by molar-refractivity contribution is -0.117. The van der Waals surface area contributed by atoms with Gasteiger partial charge in [0.2, 0.25) is 15.9 Å². The molecule has 8 nitrogen and oxygen atoms in total. The minimum absolute atomic E-state index is 0.113. The van der Waals surface area contributed by atoms with Gasteiger partial charge >= 0.3 is 0 Å². The van der Waals surface area contributed by atoms with Crippen LogP contribution in [0.3, 0.4) is 0 Å². The summed E-state index contributed by atoms with van der Waals surface area (Å²) in [6, 6.07) is 9.36. The lowest BCUT2D eigenvalue weighted by Gasteiger charge is -2.34. The summed E-state index contributed by atoms with van der Waals surface area (Å²) in [7, 11) is -3.44. The van der Waals surface area contributed by atoms with E-state index >= 15 is 0 Å². The first-order chi connectivity index (χ1) is 18.5. The third-order valence-electron chi connectivity index (χ3n) is 6.83. The number of nitrogens with two attached hydrogens (primary N) is 1. The Labute approximate surface area is 225 Å². The van der Waals surface area contributed by atoms with Crippen molar-refractivity contribution in [1.82, 2.24) is 14.6 Å². The molecule has 0 radical (unpaired) electrons. The Morgan fingerprint density at radius 3 is 2.23 bits per heavy atom. The predicted molar refractivity (Wildman–Crippen MR) is 142 cm³/mol. The molecule has 1 aromatic heterocycles. The summed E-state index contributed by atoms with van der Waals surface area (Å²) in [6.07, 6.45) is 3.92. The van der Waals surface area contributed by atoms with Gasteiger partial charge in [0.05, 0.1) is 30.4 Å². The van der Waals surface area contributed by atoms with Gasteiger partial charge in [0.1, 0.15) is 17.5 Å². The highest BCUT2D eigenvalue weighted by molar-refractivity contribution is 7.88. The van der Waals surface area contributed by atoms with Crippen molar-refractivity contribution in [1.29, 1.82) is 0 Å². The Balaban J connectivity index is 1.57. The molecule has 1 saturated heterocycles. The average Bonchev–Trinajstić information content (AvgIpc) is 2.90. The Kier molecular flexibility index (Phi) is 9.01. The van der Waals surface area contributed by atoms with Gasteiger partial charge in [-0.3, -0.25) is 9.78 Å². The van der Waals surface area contributed by atoms with Crippen molar-refractivity contribution >= 4 is 21.6 Å². The summed E-state index contributed by atoms with van der Waals surface area (Å²) >= 11 is 0. The lowest BCUT2D eigenvalue weighted by atomic mass is 9.85. The number of benzene rings is 2. The van der Waals surface area contributed by atoms with E-state index in [1.807, 2.05) is 0 Å². The number of hydrogen-bond donors (Lipinski definition) is 3. The van der Waals surface area contributed by atoms with Crippen LogP contribution < -0.4 is 16.4 Å². The van der Waals surface area contributed by atoms with E-state index in [9.17, 15) is 26.4 Å². The van der Waals surface area contributed by atoms with Crippen LogP contribution in [0.5, 0.6) is 0 Å². The number of halogens is 3. The Morgan fingerprint density at radius 2 is 1.67 bits per heavy atom. The van der Waals surface area contributed by atoms with Crippen LogP contribution in [0.4, 0.5) is 18.9 Å². The summed E-state index contributed by atoms with van der Waals surface area (Å²) in [4.78, 5) is 17.2. The number of anilines is 1. The largest absolute Gasteiger partial charge is 0.323 e. The van der Waals surface area contributed by atoms with Crippen LogP contribution in [0.25, 0.3) is 0 Å². The van der Waals surface area contributed by atoms with Crippen LogP contribution in [0.1, 0.15) is 29.0 Å². The van der Waals surface area contributed by atoms with Gasteiger partial charge in [-0.1, -0.05) is 24.3 Å². The van der Waals surface area contributed by atoms with Crippen LogP contribution in [0.15, 0.2) is 60.9 Å². The Morgan fingerprint density at radius 1 is 1.08 bits per heavy atom.